The minimum Gasteiger partial charge on any atom is -0.512 e. The SMILES string of the molecule is CCOc1c(OC)cc(OB(O)O)cc1OC. The third-order valence-electron chi connectivity index (χ3n) is 1.96. The van der Waals surface area contributed by atoms with Crippen LogP contribution < -0.4 is 18.9 Å². The lowest BCUT2D eigenvalue weighted by Crippen LogP contribution is -2.20. The van der Waals surface area contributed by atoms with Crippen LogP contribution in [-0.4, -0.2) is 38.2 Å². The van der Waals surface area contributed by atoms with Gasteiger partial charge >= 0.3 is 7.32 Å². The highest BCUT2D eigenvalue weighted by molar-refractivity contribution is 6.33. The molecule has 0 aromatic heterocycles. The lowest BCUT2D eigenvalue weighted by molar-refractivity contribution is 0.276. The van der Waals surface area contributed by atoms with E-state index in [0.29, 0.717) is 23.9 Å². The van der Waals surface area contributed by atoms with Gasteiger partial charge in [0.05, 0.1) is 20.8 Å². The minimum atomic E-state index is -1.90. The van der Waals surface area contributed by atoms with Crippen molar-refractivity contribution in [2.24, 2.45) is 0 Å². The first-order chi connectivity index (χ1) is 8.12. The van der Waals surface area contributed by atoms with Gasteiger partial charge in [-0.05, 0) is 6.92 Å². The second kappa shape index (κ2) is 6.22. The van der Waals surface area contributed by atoms with Crippen molar-refractivity contribution in [2.45, 2.75) is 6.92 Å². The molecule has 0 saturated carbocycles. The minimum absolute atomic E-state index is 0.206. The second-order valence-corrected chi connectivity index (χ2v) is 3.03. The quantitative estimate of drug-likeness (QED) is 0.705. The molecular formula is C10H15BO6. The van der Waals surface area contributed by atoms with Gasteiger partial charge in [-0.3, -0.25) is 0 Å². The monoisotopic (exact) mass is 242 g/mol. The average Bonchev–Trinajstić information content (AvgIpc) is 2.30. The maximum absolute atomic E-state index is 8.73. The Labute approximate surface area is 99.9 Å². The Hall–Kier alpha value is -1.60. The summed E-state index contributed by atoms with van der Waals surface area (Å²) in [6, 6.07) is 2.96. The van der Waals surface area contributed by atoms with E-state index in [1.807, 2.05) is 6.92 Å². The topological polar surface area (TPSA) is 77.4 Å². The summed E-state index contributed by atoms with van der Waals surface area (Å²) in [7, 11) is 1.04. The molecule has 94 valence electrons. The Morgan fingerprint density at radius 1 is 1.12 bits per heavy atom. The largest absolute Gasteiger partial charge is 0.707 e. The van der Waals surface area contributed by atoms with Gasteiger partial charge in [0.1, 0.15) is 5.75 Å². The second-order valence-electron chi connectivity index (χ2n) is 3.03. The maximum Gasteiger partial charge on any atom is 0.707 e. The van der Waals surface area contributed by atoms with Crippen molar-refractivity contribution < 1.29 is 28.9 Å². The number of hydrogen-bond donors (Lipinski definition) is 2. The van der Waals surface area contributed by atoms with E-state index in [-0.39, 0.29) is 5.75 Å². The van der Waals surface area contributed by atoms with Crippen molar-refractivity contribution in [3.63, 3.8) is 0 Å². The molecule has 1 aromatic rings. The molecular weight excluding hydrogens is 227 g/mol. The normalized spacial score (nSPS) is 9.71. The Bertz CT molecular complexity index is 343. The summed E-state index contributed by atoms with van der Waals surface area (Å²) in [6.45, 7) is 2.29. The van der Waals surface area contributed by atoms with Crippen molar-refractivity contribution in [1.82, 2.24) is 0 Å². The van der Waals surface area contributed by atoms with E-state index in [1.54, 1.807) is 0 Å². The van der Waals surface area contributed by atoms with Crippen molar-refractivity contribution >= 4 is 7.32 Å². The molecule has 1 aromatic carbocycles. The molecule has 0 aliphatic heterocycles. The molecule has 2 N–H and O–H groups in total. The van der Waals surface area contributed by atoms with Crippen LogP contribution in [0.25, 0.3) is 0 Å². The summed E-state index contributed by atoms with van der Waals surface area (Å²) in [5.74, 6) is 1.43. The molecule has 0 bridgehead atoms. The van der Waals surface area contributed by atoms with Gasteiger partial charge in [0, 0.05) is 12.1 Å². The highest BCUT2D eigenvalue weighted by Crippen LogP contribution is 2.41. The van der Waals surface area contributed by atoms with Crippen LogP contribution >= 0.6 is 0 Å². The van der Waals surface area contributed by atoms with Gasteiger partial charge < -0.3 is 28.9 Å². The number of methoxy groups -OCH3 is 2. The molecule has 7 heteroatoms. The smallest absolute Gasteiger partial charge is 0.512 e. The Balaban J connectivity index is 3.13. The van der Waals surface area contributed by atoms with Crippen LogP contribution in [0.3, 0.4) is 0 Å². The molecule has 0 amide bonds. The average molecular weight is 242 g/mol. The third kappa shape index (κ3) is 3.43. The molecule has 0 unspecified atom stereocenters. The van der Waals surface area contributed by atoms with E-state index in [4.69, 9.17) is 28.9 Å². The highest BCUT2D eigenvalue weighted by Gasteiger charge is 2.18. The van der Waals surface area contributed by atoms with E-state index in [0.717, 1.165) is 0 Å². The molecule has 0 saturated heterocycles. The summed E-state index contributed by atoms with van der Waals surface area (Å²) in [5, 5.41) is 17.5. The zero-order valence-corrected chi connectivity index (χ0v) is 9.97. The molecule has 6 nitrogen and oxygen atoms in total. The lowest BCUT2D eigenvalue weighted by atomic mass is 10.2. The fourth-order valence-corrected chi connectivity index (χ4v) is 1.33. The summed E-state index contributed by atoms with van der Waals surface area (Å²) in [6.07, 6.45) is 0. The first kappa shape index (κ1) is 13.5. The molecule has 0 heterocycles. The van der Waals surface area contributed by atoms with E-state index >= 15 is 0 Å². The van der Waals surface area contributed by atoms with Gasteiger partial charge in [0.2, 0.25) is 5.75 Å². The molecule has 17 heavy (non-hydrogen) atoms. The number of benzene rings is 1. The van der Waals surface area contributed by atoms with E-state index in [1.165, 1.54) is 26.4 Å². The standard InChI is InChI=1S/C10H15BO6/c1-4-16-10-8(14-2)5-7(17-11(12)13)6-9(10)15-3/h5-6,12-13H,4H2,1-3H3. The van der Waals surface area contributed by atoms with Gasteiger partial charge in [0.25, 0.3) is 0 Å². The van der Waals surface area contributed by atoms with Crippen molar-refractivity contribution in [2.75, 3.05) is 20.8 Å². The lowest BCUT2D eigenvalue weighted by Gasteiger charge is -2.15. The molecule has 1 rings (SSSR count). The van der Waals surface area contributed by atoms with Crippen LogP contribution in [-0.2, 0) is 0 Å². The van der Waals surface area contributed by atoms with Crippen LogP contribution in [0, 0.1) is 0 Å². The van der Waals surface area contributed by atoms with Crippen molar-refractivity contribution in [3.05, 3.63) is 12.1 Å². The number of ether oxygens (including phenoxy) is 3. The summed E-state index contributed by atoms with van der Waals surface area (Å²) >= 11 is 0. The zero-order chi connectivity index (χ0) is 12.8. The van der Waals surface area contributed by atoms with Crippen LogP contribution in [0.5, 0.6) is 23.0 Å². The summed E-state index contributed by atoms with van der Waals surface area (Å²) in [5.41, 5.74) is 0. The Morgan fingerprint density at radius 2 is 1.65 bits per heavy atom. The van der Waals surface area contributed by atoms with Crippen LogP contribution in [0.15, 0.2) is 12.1 Å². The maximum atomic E-state index is 8.73. The van der Waals surface area contributed by atoms with Gasteiger partial charge in [-0.1, -0.05) is 0 Å². The predicted octanol–water partition coefficient (Wildman–Crippen LogP) is 0.451. The fourth-order valence-electron chi connectivity index (χ4n) is 1.33. The van der Waals surface area contributed by atoms with Gasteiger partial charge in [-0.2, -0.15) is 0 Å². The van der Waals surface area contributed by atoms with E-state index in [2.05, 4.69) is 0 Å². The summed E-state index contributed by atoms with van der Waals surface area (Å²) in [4.78, 5) is 0. The number of rotatable bonds is 6. The molecule has 0 atom stereocenters. The predicted molar refractivity (Wildman–Crippen MR) is 61.5 cm³/mol. The molecule has 0 aliphatic rings. The third-order valence-corrected chi connectivity index (χ3v) is 1.96. The van der Waals surface area contributed by atoms with Crippen molar-refractivity contribution in [3.8, 4) is 23.0 Å². The molecule has 0 spiro atoms. The van der Waals surface area contributed by atoms with Crippen molar-refractivity contribution in [1.29, 1.82) is 0 Å². The molecule has 0 fully saturated rings. The molecule has 0 aliphatic carbocycles. The van der Waals surface area contributed by atoms with E-state index < -0.39 is 7.32 Å². The first-order valence-electron chi connectivity index (χ1n) is 5.04. The fraction of sp³-hybridized carbons (Fsp3) is 0.400. The highest BCUT2D eigenvalue weighted by atomic mass is 16.6. The van der Waals surface area contributed by atoms with Gasteiger partial charge in [-0.15, -0.1) is 0 Å². The van der Waals surface area contributed by atoms with Crippen LogP contribution in [0.4, 0.5) is 0 Å². The van der Waals surface area contributed by atoms with Crippen LogP contribution in [0.1, 0.15) is 6.92 Å². The Morgan fingerprint density at radius 3 is 2.00 bits per heavy atom. The van der Waals surface area contributed by atoms with E-state index in [9.17, 15) is 0 Å². The number of hydrogen-bond acceptors (Lipinski definition) is 6. The Kier molecular flexibility index (Phi) is 4.93. The molecule has 0 radical (unpaired) electrons. The van der Waals surface area contributed by atoms with Crippen LogP contribution in [0.2, 0.25) is 0 Å². The van der Waals surface area contributed by atoms with Gasteiger partial charge in [-0.25, -0.2) is 0 Å². The first-order valence-corrected chi connectivity index (χ1v) is 5.04. The van der Waals surface area contributed by atoms with Gasteiger partial charge in [0.15, 0.2) is 11.5 Å². The summed E-state index contributed by atoms with van der Waals surface area (Å²) < 4.78 is 20.3. The zero-order valence-electron chi connectivity index (χ0n) is 9.97.